The van der Waals surface area contributed by atoms with Crippen molar-refractivity contribution in [3.8, 4) is 0 Å². The van der Waals surface area contributed by atoms with Crippen LogP contribution >= 0.6 is 23.2 Å². The second-order valence-corrected chi connectivity index (χ2v) is 8.34. The average Bonchev–Trinajstić information content (AvgIpc) is 3.17. The maximum Gasteiger partial charge on any atom is 0.739 e. The van der Waals surface area contributed by atoms with E-state index in [2.05, 4.69) is 0 Å². The molecule has 1 N–H and O–H groups in total. The van der Waals surface area contributed by atoms with Crippen LogP contribution in [0.5, 0.6) is 0 Å². The fraction of sp³-hybridized carbons (Fsp3) is 0. The van der Waals surface area contributed by atoms with Gasteiger partial charge in [0.2, 0.25) is 5.17 Å². The topological polar surface area (TPSA) is 105 Å². The molecule has 0 bridgehead atoms. The summed E-state index contributed by atoms with van der Waals surface area (Å²) in [4.78, 5) is 9.38. The minimum Gasteiger partial charge on any atom is -0.389 e. The molecular weight excluding hydrogens is 454 g/mol. The van der Waals surface area contributed by atoms with Gasteiger partial charge in [-0.1, -0.05) is 11.6 Å². The molecule has 0 radical (unpaired) electrons. The third-order valence-corrected chi connectivity index (χ3v) is 6.26. The summed E-state index contributed by atoms with van der Waals surface area (Å²) >= 11 is 11.9. The molecule has 2 aliphatic rings. The minimum absolute atomic E-state index is 0.0441. The highest BCUT2D eigenvalue weighted by Crippen LogP contribution is 2.43. The first kappa shape index (κ1) is 19.8. The SMILES string of the molecule is O=[N+]([O-])c1ccc(C2=C3C=C(S(=O)(=O)O)C(Cl)=[N+]3[B-](F)(F)n3c(Cl)ccc32)cc1. The summed E-state index contributed by atoms with van der Waals surface area (Å²) in [5.41, 5.74) is -0.173. The van der Waals surface area contributed by atoms with Gasteiger partial charge < -0.3 is 17.6 Å². The van der Waals surface area contributed by atoms with Gasteiger partial charge in [-0.15, -0.1) is 0 Å². The predicted octanol–water partition coefficient (Wildman–Crippen LogP) is 3.48. The second kappa shape index (κ2) is 6.23. The van der Waals surface area contributed by atoms with Crippen molar-refractivity contribution < 1.29 is 31.0 Å². The molecule has 8 nitrogen and oxygen atoms in total. The Balaban J connectivity index is 2.10. The number of hydrogen-bond donors (Lipinski definition) is 1. The Labute approximate surface area is 171 Å². The van der Waals surface area contributed by atoms with Crippen molar-refractivity contribution in [2.45, 2.75) is 0 Å². The van der Waals surface area contributed by atoms with Crippen molar-refractivity contribution in [1.29, 1.82) is 0 Å². The second-order valence-electron chi connectivity index (χ2n) is 6.21. The maximum absolute atomic E-state index is 15.2. The van der Waals surface area contributed by atoms with Crippen LogP contribution in [0, 0.1) is 10.1 Å². The molecule has 0 spiro atoms. The van der Waals surface area contributed by atoms with E-state index in [0.29, 0.717) is 8.96 Å². The lowest BCUT2D eigenvalue weighted by Crippen LogP contribution is -2.50. The normalized spacial score (nSPS) is 17.9. The number of nitrogens with zero attached hydrogens (tertiary/aromatic N) is 3. The van der Waals surface area contributed by atoms with Crippen molar-refractivity contribution in [1.82, 2.24) is 4.48 Å². The summed E-state index contributed by atoms with van der Waals surface area (Å²) in [6.45, 7) is -4.69. The molecule has 2 aromatic rings. The number of nitro benzene ring substituents is 1. The lowest BCUT2D eigenvalue weighted by Gasteiger charge is -2.31. The van der Waals surface area contributed by atoms with Gasteiger partial charge in [0, 0.05) is 23.9 Å². The van der Waals surface area contributed by atoms with Crippen LogP contribution in [0.2, 0.25) is 5.15 Å². The Morgan fingerprint density at radius 1 is 1.14 bits per heavy atom. The summed E-state index contributed by atoms with van der Waals surface area (Å²) in [7, 11) is -4.90. The van der Waals surface area contributed by atoms with Crippen LogP contribution in [0.15, 0.2) is 53.1 Å². The highest BCUT2D eigenvalue weighted by atomic mass is 35.5. The molecule has 0 aliphatic carbocycles. The first-order valence-corrected chi connectivity index (χ1v) is 10.0. The highest BCUT2D eigenvalue weighted by molar-refractivity contribution is 7.91. The van der Waals surface area contributed by atoms with Crippen LogP contribution in [0.3, 0.4) is 0 Å². The molecule has 0 amide bonds. The Hall–Kier alpha value is -2.54. The van der Waals surface area contributed by atoms with Gasteiger partial charge in [0.25, 0.3) is 5.69 Å². The fourth-order valence-corrected chi connectivity index (χ4v) is 4.79. The number of fused-ring (bicyclic) bond motifs is 2. The van der Waals surface area contributed by atoms with Gasteiger partial charge >= 0.3 is 17.1 Å². The van der Waals surface area contributed by atoms with Crippen LogP contribution in [-0.2, 0) is 10.1 Å². The third-order valence-electron chi connectivity index (χ3n) is 4.59. The van der Waals surface area contributed by atoms with E-state index in [-0.39, 0.29) is 33.4 Å². The number of benzene rings is 1. The number of non-ortho nitro benzene ring substituents is 1. The minimum atomic E-state index is -4.90. The smallest absolute Gasteiger partial charge is 0.389 e. The first-order valence-electron chi connectivity index (χ1n) is 7.84. The lowest BCUT2D eigenvalue weighted by molar-refractivity contribution is -0.384. The van der Waals surface area contributed by atoms with Crippen molar-refractivity contribution in [2.75, 3.05) is 0 Å². The average molecular weight is 462 g/mol. The zero-order valence-corrected chi connectivity index (χ0v) is 16.3. The van der Waals surface area contributed by atoms with Crippen molar-refractivity contribution in [3.05, 3.63) is 79.6 Å². The number of nitro groups is 1. The molecule has 1 aromatic heterocycles. The Morgan fingerprint density at radius 3 is 2.31 bits per heavy atom. The van der Waals surface area contributed by atoms with Crippen LogP contribution < -0.4 is 0 Å². The molecule has 29 heavy (non-hydrogen) atoms. The van der Waals surface area contributed by atoms with Crippen LogP contribution in [0.25, 0.3) is 5.57 Å². The zero-order valence-electron chi connectivity index (χ0n) is 14.0. The highest BCUT2D eigenvalue weighted by Gasteiger charge is 2.56. The Morgan fingerprint density at radius 2 is 1.76 bits per heavy atom. The van der Waals surface area contributed by atoms with Gasteiger partial charge in [0.05, 0.1) is 15.6 Å². The number of halogens is 4. The largest absolute Gasteiger partial charge is 0.739 e. The first-order chi connectivity index (χ1) is 13.4. The standard InChI is InChI=1S/C15H8BCl2F2N3O5S/c17-13-6-5-10-14(8-1-3-9(4-2-8)23(24)25)11-7-12(29(26,27)28)15(18)22(11)16(19,20)21(10)13/h1-7H,(H,26,27,28). The quantitative estimate of drug-likeness (QED) is 0.326. The molecule has 0 fully saturated rings. The Bertz CT molecular complexity index is 1300. The van der Waals surface area contributed by atoms with E-state index in [1.807, 2.05) is 0 Å². The van der Waals surface area contributed by atoms with Crippen molar-refractivity contribution >= 4 is 56.7 Å². The molecule has 0 atom stereocenters. The van der Waals surface area contributed by atoms with Gasteiger partial charge in [0.15, 0.2) is 10.6 Å². The van der Waals surface area contributed by atoms with E-state index < -0.39 is 32.1 Å². The number of hydrogen-bond acceptors (Lipinski definition) is 4. The summed E-state index contributed by atoms with van der Waals surface area (Å²) in [5, 5.41) is 9.68. The summed E-state index contributed by atoms with van der Waals surface area (Å²) < 4.78 is 63.9. The predicted molar refractivity (Wildman–Crippen MR) is 103 cm³/mol. The number of allylic oxidation sites excluding steroid dienone is 2. The van der Waals surface area contributed by atoms with Gasteiger partial charge in [-0.05, 0) is 41.4 Å². The molecule has 0 unspecified atom stereocenters. The fourth-order valence-electron chi connectivity index (χ4n) is 3.39. The van der Waals surface area contributed by atoms with Crippen molar-refractivity contribution in [3.63, 3.8) is 0 Å². The maximum atomic E-state index is 15.2. The summed E-state index contributed by atoms with van der Waals surface area (Å²) in [6.07, 6.45) is 0.828. The molecule has 1 aromatic carbocycles. The van der Waals surface area contributed by atoms with Crippen LogP contribution in [0.4, 0.5) is 14.3 Å². The lowest BCUT2D eigenvalue weighted by atomic mass is 9.86. The van der Waals surface area contributed by atoms with Gasteiger partial charge in [-0.25, -0.2) is 0 Å². The molecule has 14 heteroatoms. The van der Waals surface area contributed by atoms with Crippen molar-refractivity contribution in [2.24, 2.45) is 0 Å². The molecule has 0 saturated carbocycles. The van der Waals surface area contributed by atoms with Crippen LogP contribution in [0.1, 0.15) is 11.3 Å². The molecule has 0 saturated heterocycles. The Kier molecular flexibility index (Phi) is 4.25. The van der Waals surface area contributed by atoms with E-state index >= 15 is 8.63 Å². The van der Waals surface area contributed by atoms with Crippen LogP contribution in [-0.4, -0.2) is 39.0 Å². The van der Waals surface area contributed by atoms with E-state index in [9.17, 15) is 23.1 Å². The van der Waals surface area contributed by atoms with E-state index in [4.69, 9.17) is 23.2 Å². The summed E-state index contributed by atoms with van der Waals surface area (Å²) in [5.74, 6) is 0. The molecule has 2 aliphatic heterocycles. The van der Waals surface area contributed by atoms with E-state index in [1.54, 1.807) is 0 Å². The van der Waals surface area contributed by atoms with Gasteiger partial charge in [0.1, 0.15) is 0 Å². The number of rotatable bonds is 3. The monoisotopic (exact) mass is 461 g/mol. The molecule has 3 heterocycles. The third kappa shape index (κ3) is 2.82. The van der Waals surface area contributed by atoms with Gasteiger partial charge in [-0.3, -0.25) is 14.7 Å². The summed E-state index contributed by atoms with van der Waals surface area (Å²) in [6, 6.07) is 7.55. The van der Waals surface area contributed by atoms with Gasteiger partial charge in [-0.2, -0.15) is 8.42 Å². The van der Waals surface area contributed by atoms with E-state index in [0.717, 1.165) is 6.08 Å². The molecule has 4 rings (SSSR count). The molecular formula is C15H8BCl2F2N3O5S. The number of aromatic nitrogens is 1. The zero-order chi connectivity index (χ0) is 21.3. The van der Waals surface area contributed by atoms with E-state index in [1.165, 1.54) is 36.4 Å². The molecule has 150 valence electrons.